The number of halogens is 3. The maximum absolute atomic E-state index is 12.2. The fraction of sp³-hybridized carbons (Fsp3) is 0.417. The zero-order chi connectivity index (χ0) is 14.5. The van der Waals surface area contributed by atoms with Crippen LogP contribution < -0.4 is 10.1 Å². The first-order chi connectivity index (χ1) is 8.87. The maximum Gasteiger partial charge on any atom is 0.573 e. The highest BCUT2D eigenvalue weighted by Gasteiger charge is 2.32. The van der Waals surface area contributed by atoms with Gasteiger partial charge in [-0.1, -0.05) is 19.1 Å². The smallest absolute Gasteiger partial charge is 0.405 e. The van der Waals surface area contributed by atoms with E-state index in [4.69, 9.17) is 5.11 Å². The number of aliphatic hydroxyl groups is 1. The quantitative estimate of drug-likeness (QED) is 0.866. The molecule has 0 aliphatic rings. The van der Waals surface area contributed by atoms with Gasteiger partial charge in [0.1, 0.15) is 5.75 Å². The van der Waals surface area contributed by atoms with Crippen molar-refractivity contribution in [2.75, 3.05) is 6.61 Å². The number of para-hydroxylation sites is 1. The SMILES string of the molecule is CCC(CO)NC(=O)c1ccccc1OC(F)(F)F. The van der Waals surface area contributed by atoms with E-state index in [2.05, 4.69) is 10.1 Å². The number of carbonyl (C=O) groups is 1. The van der Waals surface area contributed by atoms with Crippen LogP contribution in [0.25, 0.3) is 0 Å². The number of carbonyl (C=O) groups excluding carboxylic acids is 1. The van der Waals surface area contributed by atoms with Gasteiger partial charge in [0, 0.05) is 0 Å². The summed E-state index contributed by atoms with van der Waals surface area (Å²) in [6.45, 7) is 1.45. The van der Waals surface area contributed by atoms with Crippen molar-refractivity contribution in [2.45, 2.75) is 25.7 Å². The zero-order valence-corrected chi connectivity index (χ0v) is 10.2. The second-order valence-corrected chi connectivity index (χ2v) is 3.81. The first-order valence-electron chi connectivity index (χ1n) is 5.64. The predicted molar refractivity (Wildman–Crippen MR) is 61.8 cm³/mol. The van der Waals surface area contributed by atoms with E-state index in [0.717, 1.165) is 6.07 Å². The Bertz CT molecular complexity index is 430. The number of ether oxygens (including phenoxy) is 1. The Morgan fingerprint density at radius 1 is 1.42 bits per heavy atom. The average molecular weight is 277 g/mol. The van der Waals surface area contributed by atoms with Crippen LogP contribution in [0.4, 0.5) is 13.2 Å². The molecule has 1 atom stereocenters. The van der Waals surface area contributed by atoms with Gasteiger partial charge in [0.05, 0.1) is 18.2 Å². The molecule has 0 heterocycles. The largest absolute Gasteiger partial charge is 0.573 e. The Kier molecular flexibility index (Phi) is 5.17. The molecule has 1 rings (SSSR count). The lowest BCUT2D eigenvalue weighted by atomic mass is 10.1. The Balaban J connectivity index is 2.90. The summed E-state index contributed by atoms with van der Waals surface area (Å²) in [5.74, 6) is -1.29. The Hall–Kier alpha value is -1.76. The fourth-order valence-electron chi connectivity index (χ4n) is 1.41. The van der Waals surface area contributed by atoms with Crippen molar-refractivity contribution in [3.63, 3.8) is 0 Å². The van der Waals surface area contributed by atoms with Crippen LogP contribution in [-0.4, -0.2) is 30.0 Å². The summed E-state index contributed by atoms with van der Waals surface area (Å²) in [5.41, 5.74) is -0.230. The normalized spacial score (nSPS) is 12.9. The minimum atomic E-state index is -4.86. The van der Waals surface area contributed by atoms with Gasteiger partial charge in [-0.15, -0.1) is 13.2 Å². The third kappa shape index (κ3) is 4.78. The number of hydrogen-bond donors (Lipinski definition) is 2. The van der Waals surface area contributed by atoms with E-state index in [1.807, 2.05) is 0 Å². The molecule has 7 heteroatoms. The molecule has 0 spiro atoms. The van der Waals surface area contributed by atoms with Gasteiger partial charge in [0.15, 0.2) is 0 Å². The molecule has 0 aliphatic carbocycles. The number of hydrogen-bond acceptors (Lipinski definition) is 3. The maximum atomic E-state index is 12.2. The van der Waals surface area contributed by atoms with Gasteiger partial charge in [-0.3, -0.25) is 4.79 Å². The highest BCUT2D eigenvalue weighted by Crippen LogP contribution is 2.26. The molecule has 0 radical (unpaired) electrons. The number of rotatable bonds is 5. The van der Waals surface area contributed by atoms with Crippen LogP contribution in [0.1, 0.15) is 23.7 Å². The lowest BCUT2D eigenvalue weighted by Crippen LogP contribution is -2.37. The molecule has 2 N–H and O–H groups in total. The van der Waals surface area contributed by atoms with Crippen LogP contribution in [0.2, 0.25) is 0 Å². The summed E-state index contributed by atoms with van der Waals surface area (Å²) in [7, 11) is 0. The molecule has 0 aromatic heterocycles. The van der Waals surface area contributed by atoms with Crippen LogP contribution >= 0.6 is 0 Å². The van der Waals surface area contributed by atoms with Gasteiger partial charge in [0.2, 0.25) is 0 Å². The molecule has 1 aromatic carbocycles. The molecule has 1 aromatic rings. The zero-order valence-electron chi connectivity index (χ0n) is 10.2. The summed E-state index contributed by atoms with van der Waals surface area (Å²) < 4.78 is 40.3. The van der Waals surface area contributed by atoms with E-state index in [-0.39, 0.29) is 12.2 Å². The van der Waals surface area contributed by atoms with Crippen LogP contribution in [0.15, 0.2) is 24.3 Å². The van der Waals surface area contributed by atoms with Crippen LogP contribution in [0.5, 0.6) is 5.75 Å². The lowest BCUT2D eigenvalue weighted by molar-refractivity contribution is -0.274. The standard InChI is InChI=1S/C12H14F3NO3/c1-2-8(7-17)16-11(18)9-5-3-4-6-10(9)19-12(13,14)15/h3-6,8,17H,2,7H2,1H3,(H,16,18). The molecule has 19 heavy (non-hydrogen) atoms. The van der Waals surface area contributed by atoms with E-state index in [9.17, 15) is 18.0 Å². The second kappa shape index (κ2) is 6.42. The minimum Gasteiger partial charge on any atom is -0.405 e. The molecule has 0 saturated heterocycles. The van der Waals surface area contributed by atoms with Crippen molar-refractivity contribution in [1.82, 2.24) is 5.32 Å². The third-order valence-electron chi connectivity index (χ3n) is 2.41. The fourth-order valence-corrected chi connectivity index (χ4v) is 1.41. The Morgan fingerprint density at radius 3 is 2.58 bits per heavy atom. The first-order valence-corrected chi connectivity index (χ1v) is 5.64. The molecular formula is C12H14F3NO3. The third-order valence-corrected chi connectivity index (χ3v) is 2.41. The van der Waals surface area contributed by atoms with Crippen LogP contribution in [0.3, 0.4) is 0 Å². The van der Waals surface area contributed by atoms with Crippen molar-refractivity contribution in [2.24, 2.45) is 0 Å². The monoisotopic (exact) mass is 277 g/mol. The van der Waals surface area contributed by atoms with E-state index in [0.29, 0.717) is 6.42 Å². The van der Waals surface area contributed by atoms with Crippen LogP contribution in [-0.2, 0) is 0 Å². The molecule has 0 fully saturated rings. The molecule has 0 aliphatic heterocycles. The Labute approximate surface area is 108 Å². The van der Waals surface area contributed by atoms with Gasteiger partial charge in [0.25, 0.3) is 5.91 Å². The summed E-state index contributed by atoms with van der Waals surface area (Å²) in [6.07, 6.45) is -4.40. The highest BCUT2D eigenvalue weighted by atomic mass is 19.4. The molecule has 106 valence electrons. The number of benzene rings is 1. The van der Waals surface area contributed by atoms with E-state index < -0.39 is 24.1 Å². The number of amides is 1. The first kappa shape index (κ1) is 15.3. The number of alkyl halides is 3. The molecule has 0 saturated carbocycles. The Morgan fingerprint density at radius 2 is 2.05 bits per heavy atom. The highest BCUT2D eigenvalue weighted by molar-refractivity contribution is 5.97. The molecule has 1 amide bonds. The summed E-state index contributed by atoms with van der Waals surface area (Å²) >= 11 is 0. The van der Waals surface area contributed by atoms with E-state index in [1.54, 1.807) is 6.92 Å². The van der Waals surface area contributed by atoms with Crippen molar-refractivity contribution in [3.8, 4) is 5.75 Å². The van der Waals surface area contributed by atoms with E-state index >= 15 is 0 Å². The summed E-state index contributed by atoms with van der Waals surface area (Å²) in [5, 5.41) is 11.4. The molecular weight excluding hydrogens is 263 g/mol. The van der Waals surface area contributed by atoms with Gasteiger partial charge in [-0.05, 0) is 18.6 Å². The van der Waals surface area contributed by atoms with Crippen molar-refractivity contribution >= 4 is 5.91 Å². The second-order valence-electron chi connectivity index (χ2n) is 3.81. The molecule has 0 bridgehead atoms. The van der Waals surface area contributed by atoms with Crippen molar-refractivity contribution < 1.29 is 27.8 Å². The topological polar surface area (TPSA) is 58.6 Å². The molecule has 4 nitrogen and oxygen atoms in total. The van der Waals surface area contributed by atoms with Gasteiger partial charge in [-0.25, -0.2) is 0 Å². The summed E-state index contributed by atoms with van der Waals surface area (Å²) in [4.78, 5) is 11.8. The van der Waals surface area contributed by atoms with Crippen molar-refractivity contribution in [1.29, 1.82) is 0 Å². The van der Waals surface area contributed by atoms with Crippen molar-refractivity contribution in [3.05, 3.63) is 29.8 Å². The summed E-state index contributed by atoms with van der Waals surface area (Å²) in [6, 6.07) is 4.54. The molecule has 1 unspecified atom stereocenters. The average Bonchev–Trinajstić information content (AvgIpc) is 2.34. The predicted octanol–water partition coefficient (Wildman–Crippen LogP) is 2.09. The van der Waals surface area contributed by atoms with Gasteiger partial charge in [-0.2, -0.15) is 0 Å². The minimum absolute atomic E-state index is 0.230. The van der Waals surface area contributed by atoms with Crippen LogP contribution in [0, 0.1) is 0 Å². The lowest BCUT2D eigenvalue weighted by Gasteiger charge is -2.16. The van der Waals surface area contributed by atoms with Gasteiger partial charge < -0.3 is 15.2 Å². The van der Waals surface area contributed by atoms with E-state index in [1.165, 1.54) is 18.2 Å². The van der Waals surface area contributed by atoms with Gasteiger partial charge >= 0.3 is 6.36 Å². The number of aliphatic hydroxyl groups excluding tert-OH is 1. The number of nitrogens with one attached hydrogen (secondary N) is 1.